The minimum atomic E-state index is -4.70. The average molecular weight is 704 g/mol. The standard InChI is InChI=1S/C29H21ClF6IN3O/c30-23-11-10-22(29(34,35)36)14-24(23)39-26(41)40-27(15-18-5-2-1-3-6-18,25-12-9-19(16-37)17-38-25)20-7-4-8-21(13-20)28(31,32)33/h1-14,17H,15-16H2,(H2,39,40,41). The lowest BCUT2D eigenvalue weighted by Gasteiger charge is -2.36. The molecular weight excluding hydrogens is 683 g/mol. The van der Waals surface area contributed by atoms with Gasteiger partial charge in [0.15, 0.2) is 0 Å². The molecule has 4 nitrogen and oxygen atoms in total. The van der Waals surface area contributed by atoms with Crippen LogP contribution in [0, 0.1) is 0 Å². The summed E-state index contributed by atoms with van der Waals surface area (Å²) >= 11 is 8.22. The lowest BCUT2D eigenvalue weighted by Crippen LogP contribution is -2.50. The predicted molar refractivity (Wildman–Crippen MR) is 153 cm³/mol. The largest absolute Gasteiger partial charge is 0.416 e. The lowest BCUT2D eigenvalue weighted by atomic mass is 9.80. The number of urea groups is 1. The van der Waals surface area contributed by atoms with Gasteiger partial charge in [-0.2, -0.15) is 26.3 Å². The molecule has 0 radical (unpaired) electrons. The molecule has 214 valence electrons. The van der Waals surface area contributed by atoms with Gasteiger partial charge in [-0.3, -0.25) is 4.98 Å². The van der Waals surface area contributed by atoms with Crippen molar-refractivity contribution in [3.63, 3.8) is 0 Å². The second-order valence-corrected chi connectivity index (χ2v) is 10.3. The number of amides is 2. The Hall–Kier alpha value is -3.32. The van der Waals surface area contributed by atoms with Crippen LogP contribution in [-0.4, -0.2) is 11.0 Å². The highest BCUT2D eigenvalue weighted by atomic mass is 127. The predicted octanol–water partition coefficient (Wildman–Crippen LogP) is 9.02. The Kier molecular flexibility index (Phi) is 9.17. The van der Waals surface area contributed by atoms with Gasteiger partial charge in [0.2, 0.25) is 0 Å². The van der Waals surface area contributed by atoms with E-state index in [0.29, 0.717) is 16.1 Å². The van der Waals surface area contributed by atoms with Crippen molar-refractivity contribution in [2.75, 3.05) is 5.32 Å². The van der Waals surface area contributed by atoms with Crippen LogP contribution < -0.4 is 10.6 Å². The Morgan fingerprint density at radius 3 is 2.05 bits per heavy atom. The number of nitrogens with one attached hydrogen (secondary N) is 2. The zero-order valence-corrected chi connectivity index (χ0v) is 23.9. The first-order chi connectivity index (χ1) is 19.3. The number of nitrogens with zero attached hydrogens (tertiary/aromatic N) is 1. The molecule has 0 bridgehead atoms. The number of hydrogen-bond donors (Lipinski definition) is 2. The third kappa shape index (κ3) is 7.31. The maximum Gasteiger partial charge on any atom is 0.416 e. The molecule has 0 saturated carbocycles. The van der Waals surface area contributed by atoms with Gasteiger partial charge in [-0.05, 0) is 53.1 Å². The van der Waals surface area contributed by atoms with Crippen molar-refractivity contribution in [3.05, 3.63) is 130 Å². The second kappa shape index (κ2) is 12.3. The van der Waals surface area contributed by atoms with E-state index >= 15 is 0 Å². The number of pyridine rings is 1. The Bertz CT molecular complexity index is 1510. The molecule has 4 rings (SSSR count). The maximum absolute atomic E-state index is 13.8. The monoisotopic (exact) mass is 703 g/mol. The quantitative estimate of drug-likeness (QED) is 0.115. The van der Waals surface area contributed by atoms with Crippen LogP contribution in [0.25, 0.3) is 0 Å². The number of anilines is 1. The summed E-state index contributed by atoms with van der Waals surface area (Å²) in [4.78, 5) is 18.0. The third-order valence-corrected chi connectivity index (χ3v) is 7.49. The molecule has 0 spiro atoms. The van der Waals surface area contributed by atoms with Crippen molar-refractivity contribution >= 4 is 45.9 Å². The summed E-state index contributed by atoms with van der Waals surface area (Å²) in [5.74, 6) is 0. The van der Waals surface area contributed by atoms with E-state index in [-0.39, 0.29) is 28.4 Å². The minimum absolute atomic E-state index is 0.0323. The molecule has 0 aliphatic heterocycles. The lowest BCUT2D eigenvalue weighted by molar-refractivity contribution is -0.138. The van der Waals surface area contributed by atoms with E-state index in [0.717, 1.165) is 29.8 Å². The molecule has 4 aromatic rings. The van der Waals surface area contributed by atoms with E-state index in [2.05, 4.69) is 38.2 Å². The first kappa shape index (κ1) is 30.6. The molecule has 1 aromatic heterocycles. The number of alkyl halides is 7. The van der Waals surface area contributed by atoms with Crippen LogP contribution in [0.2, 0.25) is 5.02 Å². The van der Waals surface area contributed by atoms with Crippen molar-refractivity contribution in [1.29, 1.82) is 0 Å². The van der Waals surface area contributed by atoms with Crippen molar-refractivity contribution in [1.82, 2.24) is 10.3 Å². The summed E-state index contributed by atoms with van der Waals surface area (Å²) in [7, 11) is 0. The van der Waals surface area contributed by atoms with Crippen molar-refractivity contribution in [2.45, 2.75) is 28.7 Å². The Labute approximate surface area is 250 Å². The van der Waals surface area contributed by atoms with Gasteiger partial charge < -0.3 is 10.6 Å². The van der Waals surface area contributed by atoms with Crippen LogP contribution >= 0.6 is 34.2 Å². The number of halogens is 8. The van der Waals surface area contributed by atoms with Crippen LogP contribution in [-0.2, 0) is 28.7 Å². The fourth-order valence-corrected chi connectivity index (χ4v) is 4.90. The molecule has 3 aromatic carbocycles. The number of hydrogen-bond acceptors (Lipinski definition) is 2. The van der Waals surface area contributed by atoms with Gasteiger partial charge in [-0.25, -0.2) is 4.79 Å². The molecule has 1 heterocycles. The summed E-state index contributed by atoms with van der Waals surface area (Å²) in [6.07, 6.45) is -7.86. The molecular formula is C29H21ClF6IN3O. The summed E-state index contributed by atoms with van der Waals surface area (Å²) in [6.45, 7) is 0. The normalized spacial score (nSPS) is 13.4. The fourth-order valence-electron chi connectivity index (χ4n) is 4.28. The van der Waals surface area contributed by atoms with Crippen LogP contribution in [0.1, 0.15) is 33.5 Å². The summed E-state index contributed by atoms with van der Waals surface area (Å²) in [6, 6.07) is 18.0. The average Bonchev–Trinajstić information content (AvgIpc) is 2.93. The van der Waals surface area contributed by atoms with Gasteiger partial charge in [-0.1, -0.05) is 82.7 Å². The highest BCUT2D eigenvalue weighted by Gasteiger charge is 2.40. The van der Waals surface area contributed by atoms with E-state index < -0.39 is 35.0 Å². The summed E-state index contributed by atoms with van der Waals surface area (Å²) < 4.78 is 81.9. The number of benzene rings is 3. The van der Waals surface area contributed by atoms with Gasteiger partial charge >= 0.3 is 18.4 Å². The SMILES string of the molecule is O=C(Nc1cc(C(F)(F)F)ccc1Cl)NC(Cc1ccccc1)(c1cccc(C(F)(F)F)c1)c1ccc(CI)cn1. The number of aromatic nitrogens is 1. The van der Waals surface area contributed by atoms with E-state index in [4.69, 9.17) is 11.6 Å². The topological polar surface area (TPSA) is 54.0 Å². The second-order valence-electron chi connectivity index (χ2n) is 9.10. The zero-order chi connectivity index (χ0) is 29.8. The fraction of sp³-hybridized carbons (Fsp3) is 0.172. The van der Waals surface area contributed by atoms with Crippen molar-refractivity contribution in [2.24, 2.45) is 0 Å². The minimum Gasteiger partial charge on any atom is -0.322 e. The molecule has 0 aliphatic carbocycles. The number of carbonyl (C=O) groups is 1. The van der Waals surface area contributed by atoms with E-state index in [1.54, 1.807) is 48.7 Å². The molecule has 0 aliphatic rings. The molecule has 1 atom stereocenters. The molecule has 41 heavy (non-hydrogen) atoms. The van der Waals surface area contributed by atoms with Gasteiger partial charge in [0.1, 0.15) is 5.54 Å². The van der Waals surface area contributed by atoms with Crippen LogP contribution in [0.4, 0.5) is 36.8 Å². The Morgan fingerprint density at radius 2 is 1.44 bits per heavy atom. The highest BCUT2D eigenvalue weighted by Crippen LogP contribution is 2.38. The molecule has 2 amide bonds. The maximum atomic E-state index is 13.8. The van der Waals surface area contributed by atoms with Crippen LogP contribution in [0.5, 0.6) is 0 Å². The Balaban J connectivity index is 1.87. The van der Waals surface area contributed by atoms with Crippen LogP contribution in [0.3, 0.4) is 0 Å². The van der Waals surface area contributed by atoms with Gasteiger partial charge in [0, 0.05) is 17.0 Å². The first-order valence-corrected chi connectivity index (χ1v) is 13.9. The van der Waals surface area contributed by atoms with Crippen LogP contribution in [0.15, 0.2) is 91.1 Å². The third-order valence-electron chi connectivity index (χ3n) is 6.28. The molecule has 2 N–H and O–H groups in total. The molecule has 0 saturated heterocycles. The molecule has 12 heteroatoms. The first-order valence-electron chi connectivity index (χ1n) is 12.0. The van der Waals surface area contributed by atoms with E-state index in [1.807, 2.05) is 0 Å². The number of carbonyl (C=O) groups excluding carboxylic acids is 1. The highest BCUT2D eigenvalue weighted by molar-refractivity contribution is 14.1. The van der Waals surface area contributed by atoms with Gasteiger partial charge in [0.25, 0.3) is 0 Å². The van der Waals surface area contributed by atoms with Gasteiger partial charge in [-0.15, -0.1) is 0 Å². The summed E-state index contributed by atoms with van der Waals surface area (Å²) in [5.41, 5.74) is -2.21. The van der Waals surface area contributed by atoms with E-state index in [9.17, 15) is 31.1 Å². The Morgan fingerprint density at radius 1 is 0.780 bits per heavy atom. The van der Waals surface area contributed by atoms with Crippen molar-refractivity contribution in [3.8, 4) is 0 Å². The van der Waals surface area contributed by atoms with Gasteiger partial charge in [0.05, 0.1) is 27.5 Å². The van der Waals surface area contributed by atoms with E-state index in [1.165, 1.54) is 12.1 Å². The molecule has 1 unspecified atom stereocenters. The van der Waals surface area contributed by atoms with Crippen molar-refractivity contribution < 1.29 is 31.1 Å². The zero-order valence-electron chi connectivity index (χ0n) is 21.0. The summed E-state index contributed by atoms with van der Waals surface area (Å²) in [5, 5.41) is 4.92. The molecule has 0 fully saturated rings. The number of rotatable bonds is 7. The smallest absolute Gasteiger partial charge is 0.322 e.